The van der Waals surface area contributed by atoms with Crippen molar-refractivity contribution in [3.8, 4) is 6.07 Å². The summed E-state index contributed by atoms with van der Waals surface area (Å²) in [5, 5.41) is 12.1. The van der Waals surface area contributed by atoms with E-state index in [4.69, 9.17) is 16.9 Å². The van der Waals surface area contributed by atoms with Crippen molar-refractivity contribution in [2.24, 2.45) is 5.92 Å². The highest BCUT2D eigenvalue weighted by Gasteiger charge is 2.43. The fourth-order valence-electron chi connectivity index (χ4n) is 4.06. The molecule has 0 radical (unpaired) electrons. The monoisotopic (exact) mass is 397 g/mol. The van der Waals surface area contributed by atoms with Crippen LogP contribution >= 0.6 is 11.6 Å². The van der Waals surface area contributed by atoms with Crippen molar-refractivity contribution in [1.82, 2.24) is 4.90 Å². The molecule has 28 heavy (non-hydrogen) atoms. The van der Waals surface area contributed by atoms with Gasteiger partial charge in [-0.2, -0.15) is 5.26 Å². The second kappa shape index (κ2) is 7.90. The van der Waals surface area contributed by atoms with E-state index in [2.05, 4.69) is 16.3 Å². The molecule has 0 bridgehead atoms. The number of halogens is 2. The molecule has 2 aliphatic rings. The van der Waals surface area contributed by atoms with Gasteiger partial charge in [0, 0.05) is 18.2 Å². The van der Waals surface area contributed by atoms with Crippen LogP contribution in [-0.2, 0) is 4.79 Å². The largest absolute Gasteiger partial charge is 0.325 e. The van der Waals surface area contributed by atoms with Crippen LogP contribution < -0.4 is 5.32 Å². The van der Waals surface area contributed by atoms with Crippen molar-refractivity contribution in [2.45, 2.75) is 31.2 Å². The lowest BCUT2D eigenvalue weighted by atomic mass is 9.90. The minimum atomic E-state index is -0.459. The molecule has 4 rings (SSSR count). The predicted molar refractivity (Wildman–Crippen MR) is 107 cm³/mol. The van der Waals surface area contributed by atoms with Crippen LogP contribution in [0.15, 0.2) is 42.5 Å². The lowest BCUT2D eigenvalue weighted by molar-refractivity contribution is -0.120. The summed E-state index contributed by atoms with van der Waals surface area (Å²) in [6.45, 7) is 1.61. The SMILES string of the molecule is N#Cc1cccc(NC(=O)C2C(c3cccc(Cl)c3F)CCN2CC2CC2)c1. The molecule has 1 aliphatic carbocycles. The molecule has 1 heterocycles. The van der Waals surface area contributed by atoms with E-state index >= 15 is 0 Å². The molecule has 0 spiro atoms. The molecule has 2 unspecified atom stereocenters. The average molecular weight is 398 g/mol. The van der Waals surface area contributed by atoms with E-state index in [0.29, 0.717) is 29.2 Å². The van der Waals surface area contributed by atoms with E-state index in [9.17, 15) is 9.18 Å². The zero-order valence-electron chi connectivity index (χ0n) is 15.4. The number of hydrogen-bond donors (Lipinski definition) is 1. The maximum Gasteiger partial charge on any atom is 0.242 e. The lowest BCUT2D eigenvalue weighted by Crippen LogP contribution is -2.43. The number of likely N-dealkylation sites (tertiary alicyclic amines) is 1. The number of nitriles is 1. The molecule has 1 N–H and O–H groups in total. The molecule has 4 nitrogen and oxygen atoms in total. The first kappa shape index (κ1) is 18.9. The summed E-state index contributed by atoms with van der Waals surface area (Å²) in [5.41, 5.74) is 1.56. The molecule has 2 fully saturated rings. The Labute approximate surface area is 168 Å². The van der Waals surface area contributed by atoms with E-state index in [-0.39, 0.29) is 16.8 Å². The van der Waals surface area contributed by atoms with Gasteiger partial charge in [-0.15, -0.1) is 0 Å². The van der Waals surface area contributed by atoms with Crippen LogP contribution in [0.1, 0.15) is 36.3 Å². The van der Waals surface area contributed by atoms with Gasteiger partial charge in [-0.25, -0.2) is 4.39 Å². The van der Waals surface area contributed by atoms with Crippen molar-refractivity contribution < 1.29 is 9.18 Å². The normalized spacial score (nSPS) is 22.0. The molecule has 1 saturated carbocycles. The molecule has 1 saturated heterocycles. The van der Waals surface area contributed by atoms with E-state index < -0.39 is 11.9 Å². The van der Waals surface area contributed by atoms with Crippen molar-refractivity contribution >= 4 is 23.2 Å². The lowest BCUT2D eigenvalue weighted by Gasteiger charge is -2.28. The van der Waals surface area contributed by atoms with Crippen LogP contribution in [-0.4, -0.2) is 29.9 Å². The van der Waals surface area contributed by atoms with Crippen molar-refractivity contribution in [2.75, 3.05) is 18.4 Å². The van der Waals surface area contributed by atoms with E-state index in [0.717, 1.165) is 13.1 Å². The first-order valence-corrected chi connectivity index (χ1v) is 9.93. The molecule has 1 aliphatic heterocycles. The molecule has 1 amide bonds. The average Bonchev–Trinajstić information content (AvgIpc) is 3.41. The van der Waals surface area contributed by atoms with Gasteiger partial charge in [-0.3, -0.25) is 9.69 Å². The Kier molecular flexibility index (Phi) is 5.34. The van der Waals surface area contributed by atoms with Crippen LogP contribution in [0, 0.1) is 23.1 Å². The van der Waals surface area contributed by atoms with Gasteiger partial charge in [0.1, 0.15) is 5.82 Å². The van der Waals surface area contributed by atoms with Crippen molar-refractivity contribution in [3.05, 3.63) is 64.4 Å². The molecule has 6 heteroatoms. The summed E-state index contributed by atoms with van der Waals surface area (Å²) in [6, 6.07) is 13.4. The number of nitrogens with zero attached hydrogens (tertiary/aromatic N) is 2. The molecule has 0 aromatic heterocycles. The zero-order valence-corrected chi connectivity index (χ0v) is 16.1. The first-order chi connectivity index (χ1) is 13.6. The van der Waals surface area contributed by atoms with Crippen molar-refractivity contribution in [3.63, 3.8) is 0 Å². The van der Waals surface area contributed by atoms with Crippen molar-refractivity contribution in [1.29, 1.82) is 5.26 Å². The summed E-state index contributed by atoms with van der Waals surface area (Å²) in [7, 11) is 0. The third-order valence-electron chi connectivity index (χ3n) is 5.60. The van der Waals surface area contributed by atoms with Crippen LogP contribution in [0.4, 0.5) is 10.1 Å². The molecule has 144 valence electrons. The quantitative estimate of drug-likeness (QED) is 0.804. The highest BCUT2D eigenvalue weighted by atomic mass is 35.5. The fraction of sp³-hybridized carbons (Fsp3) is 0.364. The van der Waals surface area contributed by atoms with Gasteiger partial charge in [0.05, 0.1) is 22.7 Å². The highest BCUT2D eigenvalue weighted by molar-refractivity contribution is 6.30. The number of benzene rings is 2. The van der Waals surface area contributed by atoms with Crippen LogP contribution in [0.5, 0.6) is 0 Å². The number of hydrogen-bond acceptors (Lipinski definition) is 3. The second-order valence-electron chi connectivity index (χ2n) is 7.60. The van der Waals surface area contributed by atoms with Crippen LogP contribution in [0.3, 0.4) is 0 Å². The highest BCUT2D eigenvalue weighted by Crippen LogP contribution is 2.40. The first-order valence-electron chi connectivity index (χ1n) is 9.56. The fourth-order valence-corrected chi connectivity index (χ4v) is 4.24. The Morgan fingerprint density at radius 1 is 1.25 bits per heavy atom. The van der Waals surface area contributed by atoms with Gasteiger partial charge >= 0.3 is 0 Å². The number of carbonyl (C=O) groups excluding carboxylic acids is 1. The van der Waals surface area contributed by atoms with Gasteiger partial charge in [0.25, 0.3) is 0 Å². The Morgan fingerprint density at radius 3 is 2.79 bits per heavy atom. The van der Waals surface area contributed by atoms with E-state index in [1.807, 2.05) is 0 Å². The third kappa shape index (κ3) is 3.89. The number of nitrogens with one attached hydrogen (secondary N) is 1. The van der Waals surface area contributed by atoms with E-state index in [1.54, 1.807) is 36.4 Å². The Balaban J connectivity index is 1.62. The van der Waals surface area contributed by atoms with Gasteiger partial charge in [0.2, 0.25) is 5.91 Å². The number of carbonyl (C=O) groups is 1. The molecule has 2 aromatic carbocycles. The van der Waals surface area contributed by atoms with Crippen LogP contribution in [0.2, 0.25) is 5.02 Å². The van der Waals surface area contributed by atoms with Gasteiger partial charge in [0.15, 0.2) is 0 Å². The van der Waals surface area contributed by atoms with Gasteiger partial charge in [-0.05, 0) is 61.6 Å². The number of rotatable bonds is 5. The summed E-state index contributed by atoms with van der Waals surface area (Å²) in [6.07, 6.45) is 3.08. The second-order valence-corrected chi connectivity index (χ2v) is 8.01. The molecule has 2 aromatic rings. The maximum atomic E-state index is 14.7. The molecule has 2 atom stereocenters. The van der Waals surface area contributed by atoms with E-state index in [1.165, 1.54) is 18.9 Å². The summed E-state index contributed by atoms with van der Waals surface area (Å²) < 4.78 is 14.7. The minimum absolute atomic E-state index is 0.0824. The Hall–Kier alpha value is -2.42. The predicted octanol–water partition coefficient (Wildman–Crippen LogP) is 4.56. The number of amides is 1. The Morgan fingerprint density at radius 2 is 2.04 bits per heavy atom. The van der Waals surface area contributed by atoms with Gasteiger partial charge < -0.3 is 5.32 Å². The molecular formula is C22H21ClFN3O. The molecular weight excluding hydrogens is 377 g/mol. The minimum Gasteiger partial charge on any atom is -0.325 e. The third-order valence-corrected chi connectivity index (χ3v) is 5.89. The standard InChI is InChI=1S/C22H21ClFN3O/c23-19-6-2-5-17(20(19)24)18-9-10-27(13-14-7-8-14)21(18)22(28)26-16-4-1-3-15(11-16)12-25/h1-6,11,14,18,21H,7-10,13H2,(H,26,28). The smallest absolute Gasteiger partial charge is 0.242 e. The summed E-state index contributed by atoms with van der Waals surface area (Å²) in [5.74, 6) is -0.235. The maximum absolute atomic E-state index is 14.7. The Bertz CT molecular complexity index is 938. The van der Waals surface area contributed by atoms with Crippen LogP contribution in [0.25, 0.3) is 0 Å². The topological polar surface area (TPSA) is 56.1 Å². The van der Waals surface area contributed by atoms with Gasteiger partial charge in [-0.1, -0.05) is 29.8 Å². The number of anilines is 1. The summed E-state index contributed by atoms with van der Waals surface area (Å²) in [4.78, 5) is 15.4. The zero-order chi connectivity index (χ0) is 19.7. The summed E-state index contributed by atoms with van der Waals surface area (Å²) >= 11 is 5.99.